The monoisotopic (exact) mass is 268 g/mol. The lowest BCUT2D eigenvalue weighted by atomic mass is 10.0. The lowest BCUT2D eigenvalue weighted by Gasteiger charge is -2.11. The molecule has 0 aliphatic heterocycles. The molecule has 0 radical (unpaired) electrons. The first-order valence-electron chi connectivity index (χ1n) is 7.10. The zero-order valence-electron chi connectivity index (χ0n) is 12.1. The van der Waals surface area contributed by atoms with Crippen molar-refractivity contribution in [2.24, 2.45) is 0 Å². The Bertz CT molecular complexity index is 575. The van der Waals surface area contributed by atoms with Crippen molar-refractivity contribution in [1.82, 2.24) is 5.32 Å². The first-order valence-corrected chi connectivity index (χ1v) is 7.10. The predicted octanol–water partition coefficient (Wildman–Crippen LogP) is 3.27. The van der Waals surface area contributed by atoms with Gasteiger partial charge in [-0.15, -0.1) is 0 Å². The van der Waals surface area contributed by atoms with E-state index in [1.165, 1.54) is 5.56 Å². The van der Waals surface area contributed by atoms with Gasteiger partial charge < -0.3 is 5.32 Å². The highest BCUT2D eigenvalue weighted by Gasteiger charge is 2.19. The van der Waals surface area contributed by atoms with E-state index in [1.807, 2.05) is 38.1 Å². The maximum absolute atomic E-state index is 12.1. The largest absolute Gasteiger partial charge is 0.349 e. The molecule has 0 unspecified atom stereocenters. The normalized spacial score (nSPS) is 15.9. The van der Waals surface area contributed by atoms with Crippen molar-refractivity contribution in [1.29, 1.82) is 5.26 Å². The van der Waals surface area contributed by atoms with Gasteiger partial charge in [-0.05, 0) is 49.5 Å². The van der Waals surface area contributed by atoms with Gasteiger partial charge in [-0.3, -0.25) is 4.79 Å². The van der Waals surface area contributed by atoms with Gasteiger partial charge in [0.15, 0.2) is 0 Å². The van der Waals surface area contributed by atoms with Crippen LogP contribution in [0.4, 0.5) is 0 Å². The smallest absolute Gasteiger partial charge is 0.262 e. The second-order valence-corrected chi connectivity index (χ2v) is 5.47. The van der Waals surface area contributed by atoms with Crippen molar-refractivity contribution in [2.75, 3.05) is 0 Å². The van der Waals surface area contributed by atoms with E-state index in [4.69, 9.17) is 0 Å². The Labute approximate surface area is 120 Å². The minimum absolute atomic E-state index is 0.181. The first kappa shape index (κ1) is 14.3. The number of nitriles is 1. The summed E-state index contributed by atoms with van der Waals surface area (Å²) < 4.78 is 0. The second-order valence-electron chi connectivity index (χ2n) is 5.47. The molecular weight excluding hydrogens is 248 g/mol. The molecule has 0 atom stereocenters. The molecule has 1 aromatic carbocycles. The van der Waals surface area contributed by atoms with Gasteiger partial charge in [0.2, 0.25) is 0 Å². The van der Waals surface area contributed by atoms with E-state index in [9.17, 15) is 10.1 Å². The van der Waals surface area contributed by atoms with Crippen LogP contribution >= 0.6 is 0 Å². The van der Waals surface area contributed by atoms with Crippen LogP contribution in [0.5, 0.6) is 0 Å². The summed E-state index contributed by atoms with van der Waals surface area (Å²) in [5, 5.41) is 12.1. The number of benzene rings is 1. The first-order chi connectivity index (χ1) is 9.60. The average molecular weight is 268 g/mol. The molecule has 1 aliphatic carbocycles. The molecule has 2 rings (SSSR count). The highest BCUT2D eigenvalue weighted by atomic mass is 16.1. The van der Waals surface area contributed by atoms with Crippen LogP contribution in [0, 0.1) is 25.2 Å². The Balaban J connectivity index is 2.13. The SMILES string of the molecule is Cc1ccc(/C=C(\C#N)C(=O)NC2CCCC2)cc1C. The Hall–Kier alpha value is -2.08. The van der Waals surface area contributed by atoms with Crippen LogP contribution in [-0.4, -0.2) is 11.9 Å². The van der Waals surface area contributed by atoms with E-state index in [0.717, 1.165) is 36.8 Å². The quantitative estimate of drug-likeness (QED) is 0.675. The summed E-state index contributed by atoms with van der Waals surface area (Å²) in [6.45, 7) is 4.07. The van der Waals surface area contributed by atoms with Crippen molar-refractivity contribution in [3.63, 3.8) is 0 Å². The van der Waals surface area contributed by atoms with Crippen molar-refractivity contribution in [2.45, 2.75) is 45.6 Å². The van der Waals surface area contributed by atoms with E-state index in [2.05, 4.69) is 5.32 Å². The van der Waals surface area contributed by atoms with E-state index >= 15 is 0 Å². The maximum Gasteiger partial charge on any atom is 0.262 e. The lowest BCUT2D eigenvalue weighted by Crippen LogP contribution is -2.33. The molecule has 1 saturated carbocycles. The number of nitrogens with zero attached hydrogens (tertiary/aromatic N) is 1. The van der Waals surface area contributed by atoms with Crippen LogP contribution in [0.25, 0.3) is 6.08 Å². The molecule has 1 fully saturated rings. The maximum atomic E-state index is 12.1. The Morgan fingerprint density at radius 2 is 2.00 bits per heavy atom. The minimum Gasteiger partial charge on any atom is -0.349 e. The third-order valence-electron chi connectivity index (χ3n) is 3.90. The molecule has 1 aliphatic rings. The molecule has 0 saturated heterocycles. The van der Waals surface area contributed by atoms with E-state index in [0.29, 0.717) is 0 Å². The number of carbonyl (C=O) groups excluding carboxylic acids is 1. The molecular formula is C17H20N2O. The molecule has 0 aromatic heterocycles. The summed E-state index contributed by atoms with van der Waals surface area (Å²) in [6.07, 6.45) is 6.03. The highest BCUT2D eigenvalue weighted by molar-refractivity contribution is 6.01. The molecule has 3 nitrogen and oxygen atoms in total. The predicted molar refractivity (Wildman–Crippen MR) is 79.9 cm³/mol. The van der Waals surface area contributed by atoms with Crippen molar-refractivity contribution in [3.05, 3.63) is 40.5 Å². The fourth-order valence-corrected chi connectivity index (χ4v) is 2.50. The number of hydrogen-bond donors (Lipinski definition) is 1. The van der Waals surface area contributed by atoms with Crippen molar-refractivity contribution < 1.29 is 4.79 Å². The van der Waals surface area contributed by atoms with Crippen LogP contribution in [-0.2, 0) is 4.79 Å². The number of nitrogens with one attached hydrogen (secondary N) is 1. The summed E-state index contributed by atoms with van der Waals surface area (Å²) >= 11 is 0. The number of carbonyl (C=O) groups is 1. The highest BCUT2D eigenvalue weighted by Crippen LogP contribution is 2.18. The van der Waals surface area contributed by atoms with Gasteiger partial charge in [-0.1, -0.05) is 31.0 Å². The molecule has 0 heterocycles. The molecule has 3 heteroatoms. The third-order valence-corrected chi connectivity index (χ3v) is 3.90. The zero-order valence-corrected chi connectivity index (χ0v) is 12.1. The number of rotatable bonds is 3. The zero-order chi connectivity index (χ0) is 14.5. The average Bonchev–Trinajstić information content (AvgIpc) is 2.92. The number of hydrogen-bond acceptors (Lipinski definition) is 2. The molecule has 104 valence electrons. The Kier molecular flexibility index (Phi) is 4.57. The number of amides is 1. The van der Waals surface area contributed by atoms with Gasteiger partial charge in [0.25, 0.3) is 5.91 Å². The van der Waals surface area contributed by atoms with Crippen LogP contribution in [0.1, 0.15) is 42.4 Å². The van der Waals surface area contributed by atoms with Gasteiger partial charge >= 0.3 is 0 Å². The van der Waals surface area contributed by atoms with E-state index in [1.54, 1.807) is 6.08 Å². The van der Waals surface area contributed by atoms with Gasteiger partial charge in [0.05, 0.1) is 0 Å². The standard InChI is InChI=1S/C17H20N2O/c1-12-7-8-14(9-13(12)2)10-15(11-18)17(20)19-16-5-3-4-6-16/h7-10,16H,3-6H2,1-2H3,(H,19,20)/b15-10+. The summed E-state index contributed by atoms with van der Waals surface area (Å²) in [5.41, 5.74) is 3.44. The van der Waals surface area contributed by atoms with Gasteiger partial charge in [0.1, 0.15) is 11.6 Å². The van der Waals surface area contributed by atoms with Crippen LogP contribution in [0.15, 0.2) is 23.8 Å². The van der Waals surface area contributed by atoms with E-state index in [-0.39, 0.29) is 17.5 Å². The van der Waals surface area contributed by atoms with Gasteiger partial charge in [-0.2, -0.15) is 5.26 Å². The molecule has 20 heavy (non-hydrogen) atoms. The molecule has 0 bridgehead atoms. The third kappa shape index (κ3) is 3.48. The Morgan fingerprint density at radius 3 is 2.60 bits per heavy atom. The Morgan fingerprint density at radius 1 is 1.30 bits per heavy atom. The van der Waals surface area contributed by atoms with Crippen molar-refractivity contribution >= 4 is 12.0 Å². The topological polar surface area (TPSA) is 52.9 Å². The molecule has 1 aromatic rings. The van der Waals surface area contributed by atoms with Crippen molar-refractivity contribution in [3.8, 4) is 6.07 Å². The second kappa shape index (κ2) is 6.38. The summed E-state index contributed by atoms with van der Waals surface area (Å²) in [7, 11) is 0. The van der Waals surface area contributed by atoms with Gasteiger partial charge in [-0.25, -0.2) is 0 Å². The summed E-state index contributed by atoms with van der Waals surface area (Å²) in [5.74, 6) is -0.252. The lowest BCUT2D eigenvalue weighted by molar-refractivity contribution is -0.117. The van der Waals surface area contributed by atoms with Crippen LogP contribution in [0.3, 0.4) is 0 Å². The fourth-order valence-electron chi connectivity index (χ4n) is 2.50. The molecule has 0 spiro atoms. The molecule has 1 amide bonds. The summed E-state index contributed by atoms with van der Waals surface area (Å²) in [4.78, 5) is 12.1. The van der Waals surface area contributed by atoms with Gasteiger partial charge in [0, 0.05) is 6.04 Å². The summed E-state index contributed by atoms with van der Waals surface area (Å²) in [6, 6.07) is 8.18. The van der Waals surface area contributed by atoms with E-state index < -0.39 is 0 Å². The fraction of sp³-hybridized carbons (Fsp3) is 0.412. The van der Waals surface area contributed by atoms with Crippen LogP contribution < -0.4 is 5.32 Å². The van der Waals surface area contributed by atoms with Crippen LogP contribution in [0.2, 0.25) is 0 Å². The molecule has 1 N–H and O–H groups in total. The minimum atomic E-state index is -0.252. The number of aryl methyl sites for hydroxylation is 2.